The van der Waals surface area contributed by atoms with Crippen LogP contribution in [0.2, 0.25) is 5.02 Å². The third-order valence-electron chi connectivity index (χ3n) is 2.81. The van der Waals surface area contributed by atoms with E-state index >= 15 is 0 Å². The van der Waals surface area contributed by atoms with Crippen molar-refractivity contribution in [1.82, 2.24) is 14.5 Å². The second-order valence-electron chi connectivity index (χ2n) is 4.55. The van der Waals surface area contributed by atoms with Crippen LogP contribution >= 0.6 is 11.6 Å². The fraction of sp³-hybridized carbons (Fsp3) is 0.308. The number of methoxy groups -OCH3 is 1. The first-order valence-corrected chi connectivity index (χ1v) is 8.12. The van der Waals surface area contributed by atoms with Crippen molar-refractivity contribution in [2.75, 3.05) is 7.11 Å². The molecule has 1 atom stereocenters. The predicted octanol–water partition coefficient (Wildman–Crippen LogP) is 1.91. The molecule has 114 valence electrons. The van der Waals surface area contributed by atoms with Gasteiger partial charge in [0, 0.05) is 18.4 Å². The van der Waals surface area contributed by atoms with E-state index in [1.54, 1.807) is 30.1 Å². The highest BCUT2D eigenvalue weighted by atomic mass is 35.5. The van der Waals surface area contributed by atoms with Gasteiger partial charge in [-0.05, 0) is 31.2 Å². The fourth-order valence-electron chi connectivity index (χ4n) is 1.87. The maximum atomic E-state index is 12.3. The average Bonchev–Trinajstić information content (AvgIpc) is 2.90. The molecule has 0 bridgehead atoms. The lowest BCUT2D eigenvalue weighted by atomic mass is 10.3. The summed E-state index contributed by atoms with van der Waals surface area (Å²) in [5.41, 5.74) is 0. The minimum absolute atomic E-state index is 0.0978. The zero-order chi connectivity index (χ0) is 15.5. The molecule has 0 radical (unpaired) electrons. The van der Waals surface area contributed by atoms with E-state index in [0.29, 0.717) is 12.3 Å². The van der Waals surface area contributed by atoms with E-state index in [0.717, 1.165) is 0 Å². The lowest BCUT2D eigenvalue weighted by Gasteiger charge is -2.15. The quantitative estimate of drug-likeness (QED) is 0.878. The predicted molar refractivity (Wildman–Crippen MR) is 80.0 cm³/mol. The van der Waals surface area contributed by atoms with Gasteiger partial charge in [-0.25, -0.2) is 13.1 Å². The van der Waals surface area contributed by atoms with Gasteiger partial charge in [-0.2, -0.15) is 5.10 Å². The largest absolute Gasteiger partial charge is 0.495 e. The molecule has 1 aromatic heterocycles. The molecule has 0 aliphatic heterocycles. The SMILES string of the molecule is COc1ccc(S(=O)(=O)N[C@@H](C)Cn2cccn2)cc1Cl. The van der Waals surface area contributed by atoms with E-state index in [4.69, 9.17) is 16.3 Å². The molecule has 0 aliphatic carbocycles. The van der Waals surface area contributed by atoms with Crippen LogP contribution in [0, 0.1) is 0 Å². The lowest BCUT2D eigenvalue weighted by Crippen LogP contribution is -2.35. The van der Waals surface area contributed by atoms with Crippen molar-refractivity contribution in [1.29, 1.82) is 0 Å². The number of rotatable bonds is 6. The Kier molecular flexibility index (Phi) is 4.87. The second-order valence-corrected chi connectivity index (χ2v) is 6.67. The minimum atomic E-state index is -3.64. The molecular formula is C13H16ClN3O3S. The Morgan fingerprint density at radius 2 is 2.24 bits per heavy atom. The molecule has 0 unspecified atom stereocenters. The van der Waals surface area contributed by atoms with Gasteiger partial charge in [0.1, 0.15) is 5.75 Å². The average molecular weight is 330 g/mol. The Bertz CT molecular complexity index is 701. The number of hydrogen-bond donors (Lipinski definition) is 1. The van der Waals surface area contributed by atoms with Gasteiger partial charge in [-0.1, -0.05) is 11.6 Å². The van der Waals surface area contributed by atoms with Gasteiger partial charge in [0.25, 0.3) is 0 Å². The number of benzene rings is 1. The fourth-order valence-corrected chi connectivity index (χ4v) is 3.46. The van der Waals surface area contributed by atoms with Crippen LogP contribution in [-0.2, 0) is 16.6 Å². The van der Waals surface area contributed by atoms with E-state index in [-0.39, 0.29) is 16.0 Å². The van der Waals surface area contributed by atoms with Crippen LogP contribution in [0.1, 0.15) is 6.92 Å². The number of sulfonamides is 1. The third kappa shape index (κ3) is 3.96. The molecule has 2 aromatic rings. The Morgan fingerprint density at radius 1 is 1.48 bits per heavy atom. The molecule has 1 N–H and O–H groups in total. The third-order valence-corrected chi connectivity index (χ3v) is 4.69. The number of nitrogens with zero attached hydrogens (tertiary/aromatic N) is 2. The van der Waals surface area contributed by atoms with Crippen molar-refractivity contribution in [3.8, 4) is 5.75 Å². The van der Waals surface area contributed by atoms with Crippen LogP contribution in [0.4, 0.5) is 0 Å². The normalized spacial score (nSPS) is 13.1. The first-order valence-electron chi connectivity index (χ1n) is 6.25. The number of nitrogens with one attached hydrogen (secondary N) is 1. The number of aromatic nitrogens is 2. The highest BCUT2D eigenvalue weighted by Gasteiger charge is 2.19. The molecular weight excluding hydrogens is 314 g/mol. The summed E-state index contributed by atoms with van der Waals surface area (Å²) in [6.45, 7) is 2.21. The van der Waals surface area contributed by atoms with E-state index < -0.39 is 10.0 Å². The summed E-state index contributed by atoms with van der Waals surface area (Å²) in [6.07, 6.45) is 3.42. The molecule has 0 fully saturated rings. The van der Waals surface area contributed by atoms with Crippen molar-refractivity contribution in [3.63, 3.8) is 0 Å². The summed E-state index contributed by atoms with van der Waals surface area (Å²) in [6, 6.07) is 5.81. The lowest BCUT2D eigenvalue weighted by molar-refractivity contribution is 0.414. The molecule has 6 nitrogen and oxygen atoms in total. The first kappa shape index (κ1) is 15.8. The van der Waals surface area contributed by atoms with Gasteiger partial charge in [0.15, 0.2) is 0 Å². The summed E-state index contributed by atoms with van der Waals surface area (Å²) in [5.74, 6) is 0.431. The van der Waals surface area contributed by atoms with Crippen LogP contribution in [0.5, 0.6) is 5.75 Å². The Balaban J connectivity index is 2.12. The van der Waals surface area contributed by atoms with Crippen molar-refractivity contribution in [2.45, 2.75) is 24.4 Å². The maximum absolute atomic E-state index is 12.3. The summed E-state index contributed by atoms with van der Waals surface area (Å²) < 4.78 is 33.8. The van der Waals surface area contributed by atoms with Crippen LogP contribution in [-0.4, -0.2) is 31.3 Å². The molecule has 8 heteroatoms. The van der Waals surface area contributed by atoms with Crippen molar-refractivity contribution in [2.24, 2.45) is 0 Å². The maximum Gasteiger partial charge on any atom is 0.240 e. The van der Waals surface area contributed by atoms with Crippen LogP contribution in [0.15, 0.2) is 41.6 Å². The minimum Gasteiger partial charge on any atom is -0.495 e. The van der Waals surface area contributed by atoms with E-state index in [2.05, 4.69) is 9.82 Å². The van der Waals surface area contributed by atoms with Gasteiger partial charge in [-0.15, -0.1) is 0 Å². The van der Waals surface area contributed by atoms with E-state index in [9.17, 15) is 8.42 Å². The van der Waals surface area contributed by atoms with E-state index in [1.807, 2.05) is 0 Å². The first-order chi connectivity index (χ1) is 9.92. The van der Waals surface area contributed by atoms with Crippen molar-refractivity contribution < 1.29 is 13.2 Å². The highest BCUT2D eigenvalue weighted by Crippen LogP contribution is 2.26. The van der Waals surface area contributed by atoms with Crippen LogP contribution in [0.3, 0.4) is 0 Å². The Labute approximate surface area is 128 Å². The molecule has 2 rings (SSSR count). The van der Waals surface area contributed by atoms with Crippen LogP contribution < -0.4 is 9.46 Å². The molecule has 1 heterocycles. The smallest absolute Gasteiger partial charge is 0.240 e. The molecule has 0 aliphatic rings. The van der Waals surface area contributed by atoms with Crippen molar-refractivity contribution in [3.05, 3.63) is 41.7 Å². The molecule has 21 heavy (non-hydrogen) atoms. The molecule has 0 spiro atoms. The van der Waals surface area contributed by atoms with Gasteiger partial charge < -0.3 is 4.74 Å². The van der Waals surface area contributed by atoms with Crippen molar-refractivity contribution >= 4 is 21.6 Å². The Hall–Kier alpha value is -1.57. The monoisotopic (exact) mass is 329 g/mol. The summed E-state index contributed by atoms with van der Waals surface area (Å²) in [4.78, 5) is 0.0978. The Morgan fingerprint density at radius 3 is 2.81 bits per heavy atom. The summed E-state index contributed by atoms with van der Waals surface area (Å²) >= 11 is 5.96. The van der Waals surface area contributed by atoms with Gasteiger partial charge in [0.2, 0.25) is 10.0 Å². The van der Waals surface area contributed by atoms with Crippen LogP contribution in [0.25, 0.3) is 0 Å². The second kappa shape index (κ2) is 6.46. The van der Waals surface area contributed by atoms with E-state index in [1.165, 1.54) is 25.3 Å². The number of halogens is 1. The molecule has 0 saturated heterocycles. The molecule has 0 amide bonds. The zero-order valence-electron chi connectivity index (χ0n) is 11.7. The molecule has 1 aromatic carbocycles. The molecule has 0 saturated carbocycles. The number of hydrogen-bond acceptors (Lipinski definition) is 4. The summed E-state index contributed by atoms with van der Waals surface area (Å²) in [5, 5.41) is 4.29. The topological polar surface area (TPSA) is 73.2 Å². The zero-order valence-corrected chi connectivity index (χ0v) is 13.2. The van der Waals surface area contributed by atoms with Gasteiger partial charge in [0.05, 0.1) is 23.6 Å². The standard InChI is InChI=1S/C13H16ClN3O3S/c1-10(9-17-7-3-6-15-17)16-21(18,19)11-4-5-13(20-2)12(14)8-11/h3-8,10,16H,9H2,1-2H3/t10-/m0/s1. The number of ether oxygens (including phenoxy) is 1. The van der Waals surface area contributed by atoms with Gasteiger partial charge in [-0.3, -0.25) is 4.68 Å². The highest BCUT2D eigenvalue weighted by molar-refractivity contribution is 7.89. The summed E-state index contributed by atoms with van der Waals surface area (Å²) in [7, 11) is -2.17. The van der Waals surface area contributed by atoms with Gasteiger partial charge >= 0.3 is 0 Å².